The van der Waals surface area contributed by atoms with Crippen molar-refractivity contribution in [2.45, 2.75) is 11.4 Å². The zero-order valence-electron chi connectivity index (χ0n) is 17.3. The van der Waals surface area contributed by atoms with Crippen LogP contribution in [0.3, 0.4) is 0 Å². The molecule has 32 heavy (non-hydrogen) atoms. The molecule has 0 fully saturated rings. The molecule has 0 aliphatic rings. The third-order valence-corrected chi connectivity index (χ3v) is 5.44. The molecular weight excluding hydrogens is 425 g/mol. The van der Waals surface area contributed by atoms with Crippen LogP contribution in [0.15, 0.2) is 90.1 Å². The van der Waals surface area contributed by atoms with E-state index in [-0.39, 0.29) is 11.7 Å². The van der Waals surface area contributed by atoms with Gasteiger partial charge in [-0.15, -0.1) is 11.8 Å². The molecule has 1 heterocycles. The number of nitrogens with zero attached hydrogens (tertiary/aromatic N) is 2. The number of nitrogens with one attached hydrogen (secondary N) is 1. The molecule has 0 aliphatic carbocycles. The van der Waals surface area contributed by atoms with E-state index >= 15 is 0 Å². The van der Waals surface area contributed by atoms with Gasteiger partial charge in [-0.1, -0.05) is 30.3 Å². The second-order valence-electron chi connectivity index (χ2n) is 6.91. The molecule has 1 N–H and O–H groups in total. The van der Waals surface area contributed by atoms with Gasteiger partial charge in [0.1, 0.15) is 17.9 Å². The minimum atomic E-state index is -0.345. The first-order valence-corrected chi connectivity index (χ1v) is 11.1. The van der Waals surface area contributed by atoms with Crippen LogP contribution in [0.1, 0.15) is 15.9 Å². The Hall–Kier alpha value is -3.71. The number of aromatic nitrogens is 2. The van der Waals surface area contributed by atoms with E-state index in [9.17, 15) is 9.18 Å². The molecule has 3 aromatic carbocycles. The summed E-state index contributed by atoms with van der Waals surface area (Å²) in [6.07, 6.45) is 3.38. The number of rotatable bonds is 7. The quantitative estimate of drug-likeness (QED) is 0.368. The van der Waals surface area contributed by atoms with E-state index in [1.807, 2.05) is 30.5 Å². The van der Waals surface area contributed by atoms with Gasteiger partial charge in [0.15, 0.2) is 0 Å². The first-order valence-electron chi connectivity index (χ1n) is 9.88. The summed E-state index contributed by atoms with van der Waals surface area (Å²) in [5.41, 5.74) is 2.66. The third-order valence-electron chi connectivity index (χ3n) is 4.69. The Bertz CT molecular complexity index is 1230. The molecule has 0 atom stereocenters. The van der Waals surface area contributed by atoms with Gasteiger partial charge in [-0.2, -0.15) is 0 Å². The lowest BCUT2D eigenvalue weighted by Gasteiger charge is -2.09. The predicted octanol–water partition coefficient (Wildman–Crippen LogP) is 5.73. The number of benzene rings is 3. The van der Waals surface area contributed by atoms with E-state index in [0.29, 0.717) is 35.0 Å². The largest absolute Gasteiger partial charge is 0.439 e. The summed E-state index contributed by atoms with van der Waals surface area (Å²) in [7, 11) is 0. The van der Waals surface area contributed by atoms with Gasteiger partial charge in [0.2, 0.25) is 5.88 Å². The SMILES string of the molecule is CSc1ccc(CNC(=O)c2cccc(Oc3cc(-c4cccc(F)c4)ncn3)c2)cc1. The van der Waals surface area contributed by atoms with Crippen molar-refractivity contribution in [3.05, 3.63) is 102 Å². The van der Waals surface area contributed by atoms with Gasteiger partial charge in [-0.25, -0.2) is 14.4 Å². The number of thioether (sulfide) groups is 1. The lowest BCUT2D eigenvalue weighted by Crippen LogP contribution is -2.22. The molecule has 4 rings (SSSR count). The maximum atomic E-state index is 13.5. The average molecular weight is 446 g/mol. The Balaban J connectivity index is 1.43. The molecule has 160 valence electrons. The van der Waals surface area contributed by atoms with Crippen molar-refractivity contribution in [1.82, 2.24) is 15.3 Å². The normalized spacial score (nSPS) is 10.6. The highest BCUT2D eigenvalue weighted by molar-refractivity contribution is 7.98. The summed E-state index contributed by atoms with van der Waals surface area (Å²) >= 11 is 1.67. The van der Waals surface area contributed by atoms with E-state index < -0.39 is 0 Å². The predicted molar refractivity (Wildman–Crippen MR) is 123 cm³/mol. The Labute approximate surface area is 189 Å². The van der Waals surface area contributed by atoms with Gasteiger partial charge in [-0.05, 0) is 54.3 Å². The van der Waals surface area contributed by atoms with Crippen LogP contribution in [0, 0.1) is 5.82 Å². The van der Waals surface area contributed by atoms with Crippen LogP contribution >= 0.6 is 11.8 Å². The van der Waals surface area contributed by atoms with E-state index in [1.165, 1.54) is 23.4 Å². The van der Waals surface area contributed by atoms with Gasteiger partial charge >= 0.3 is 0 Å². The minimum absolute atomic E-state index is 0.201. The van der Waals surface area contributed by atoms with Crippen molar-refractivity contribution < 1.29 is 13.9 Å². The van der Waals surface area contributed by atoms with Gasteiger partial charge in [0.05, 0.1) is 5.69 Å². The highest BCUT2D eigenvalue weighted by Gasteiger charge is 2.09. The van der Waals surface area contributed by atoms with Crippen molar-refractivity contribution in [2.24, 2.45) is 0 Å². The van der Waals surface area contributed by atoms with Crippen LogP contribution in [0.2, 0.25) is 0 Å². The summed E-state index contributed by atoms with van der Waals surface area (Å²) < 4.78 is 19.3. The Morgan fingerprint density at radius 3 is 2.59 bits per heavy atom. The first kappa shape index (κ1) is 21.5. The van der Waals surface area contributed by atoms with Crippen molar-refractivity contribution in [3.63, 3.8) is 0 Å². The van der Waals surface area contributed by atoms with Crippen LogP contribution in [0.25, 0.3) is 11.3 Å². The summed E-state index contributed by atoms with van der Waals surface area (Å²) in [6, 6.07) is 22.7. The summed E-state index contributed by atoms with van der Waals surface area (Å²) in [5, 5.41) is 2.92. The van der Waals surface area contributed by atoms with E-state index in [1.54, 1.807) is 54.2 Å². The van der Waals surface area contributed by atoms with Crippen molar-refractivity contribution >= 4 is 17.7 Å². The lowest BCUT2D eigenvalue weighted by molar-refractivity contribution is 0.0950. The molecule has 1 amide bonds. The topological polar surface area (TPSA) is 64.1 Å². The summed E-state index contributed by atoms with van der Waals surface area (Å²) in [6.45, 7) is 0.432. The zero-order valence-corrected chi connectivity index (χ0v) is 18.1. The fraction of sp³-hybridized carbons (Fsp3) is 0.0800. The molecule has 5 nitrogen and oxygen atoms in total. The molecule has 0 radical (unpaired) electrons. The molecule has 1 aromatic heterocycles. The van der Waals surface area contributed by atoms with Gasteiger partial charge in [0.25, 0.3) is 5.91 Å². The zero-order chi connectivity index (χ0) is 22.3. The minimum Gasteiger partial charge on any atom is -0.439 e. The third kappa shape index (κ3) is 5.50. The van der Waals surface area contributed by atoms with Gasteiger partial charge in [-0.3, -0.25) is 4.79 Å². The number of carbonyl (C=O) groups is 1. The Morgan fingerprint density at radius 1 is 1.00 bits per heavy atom. The summed E-state index contributed by atoms with van der Waals surface area (Å²) in [4.78, 5) is 22.1. The van der Waals surface area contributed by atoms with Crippen molar-refractivity contribution in [2.75, 3.05) is 6.26 Å². The molecule has 0 spiro atoms. The average Bonchev–Trinajstić information content (AvgIpc) is 2.83. The van der Waals surface area contributed by atoms with Crippen LogP contribution in [0.4, 0.5) is 4.39 Å². The number of hydrogen-bond donors (Lipinski definition) is 1. The highest BCUT2D eigenvalue weighted by Crippen LogP contribution is 2.25. The van der Waals surface area contributed by atoms with Crippen LogP contribution in [-0.4, -0.2) is 22.1 Å². The Morgan fingerprint density at radius 2 is 1.81 bits per heavy atom. The number of ether oxygens (including phenoxy) is 1. The fourth-order valence-electron chi connectivity index (χ4n) is 3.05. The summed E-state index contributed by atoms with van der Waals surface area (Å²) in [5.74, 6) is 0.214. The number of hydrogen-bond acceptors (Lipinski definition) is 5. The van der Waals surface area contributed by atoms with Gasteiger partial charge in [0, 0.05) is 28.6 Å². The van der Waals surface area contributed by atoms with E-state index in [0.717, 1.165) is 5.56 Å². The molecule has 4 aromatic rings. The number of amides is 1. The smallest absolute Gasteiger partial charge is 0.251 e. The van der Waals surface area contributed by atoms with Gasteiger partial charge < -0.3 is 10.1 Å². The monoisotopic (exact) mass is 445 g/mol. The van der Waals surface area contributed by atoms with E-state index in [2.05, 4.69) is 15.3 Å². The fourth-order valence-corrected chi connectivity index (χ4v) is 3.46. The second kappa shape index (κ2) is 10.1. The maximum absolute atomic E-state index is 13.5. The van der Waals surface area contributed by atoms with E-state index in [4.69, 9.17) is 4.74 Å². The van der Waals surface area contributed by atoms with Crippen molar-refractivity contribution in [3.8, 4) is 22.9 Å². The molecule has 7 heteroatoms. The molecule has 0 aliphatic heterocycles. The molecule has 0 unspecified atom stereocenters. The van der Waals surface area contributed by atoms with Crippen LogP contribution < -0.4 is 10.1 Å². The lowest BCUT2D eigenvalue weighted by atomic mass is 10.1. The maximum Gasteiger partial charge on any atom is 0.251 e. The number of carbonyl (C=O) groups excluding carboxylic acids is 1. The molecule has 0 saturated heterocycles. The molecular formula is C25H20FN3O2S. The van der Waals surface area contributed by atoms with Crippen LogP contribution in [0.5, 0.6) is 11.6 Å². The number of halogens is 1. The van der Waals surface area contributed by atoms with Crippen molar-refractivity contribution in [1.29, 1.82) is 0 Å². The van der Waals surface area contributed by atoms with Crippen LogP contribution in [-0.2, 0) is 6.54 Å². The standard InChI is InChI=1S/C25H20FN3O2S/c1-32-22-10-8-17(9-11-22)15-27-25(30)19-5-3-7-21(13-19)31-24-14-23(28-16-29-24)18-4-2-6-20(26)12-18/h2-14,16H,15H2,1H3,(H,27,30). The molecule has 0 bridgehead atoms. The first-order chi connectivity index (χ1) is 15.6. The highest BCUT2D eigenvalue weighted by atomic mass is 32.2. The second-order valence-corrected chi connectivity index (χ2v) is 7.79. The molecule has 0 saturated carbocycles. The Kier molecular flexibility index (Phi) is 6.77.